The maximum absolute atomic E-state index is 14.0. The lowest BCUT2D eigenvalue weighted by Gasteiger charge is -2.39. The van der Waals surface area contributed by atoms with Crippen molar-refractivity contribution in [3.63, 3.8) is 0 Å². The number of hydrogen-bond donors (Lipinski definition) is 0. The maximum atomic E-state index is 14.0. The monoisotopic (exact) mass is 409 g/mol. The lowest BCUT2D eigenvalue weighted by atomic mass is 9.94. The van der Waals surface area contributed by atoms with Gasteiger partial charge in [0.15, 0.2) is 0 Å². The Bertz CT molecular complexity index is 916. The zero-order valence-corrected chi connectivity index (χ0v) is 17.4. The minimum absolute atomic E-state index is 0.0362. The summed E-state index contributed by atoms with van der Waals surface area (Å²) in [5, 5.41) is 0. The molecule has 0 bridgehead atoms. The van der Waals surface area contributed by atoms with Gasteiger partial charge in [0, 0.05) is 50.7 Å². The molecule has 0 saturated carbocycles. The Morgan fingerprint density at radius 1 is 0.833 bits per heavy atom. The Morgan fingerprint density at radius 3 is 2.13 bits per heavy atom. The molecule has 2 saturated heterocycles. The van der Waals surface area contributed by atoms with Gasteiger partial charge in [-0.15, -0.1) is 0 Å². The zero-order chi connectivity index (χ0) is 21.1. The van der Waals surface area contributed by atoms with Crippen LogP contribution in [0.4, 0.5) is 10.1 Å². The van der Waals surface area contributed by atoms with Crippen LogP contribution < -0.4 is 4.90 Å². The Morgan fingerprint density at radius 2 is 1.47 bits per heavy atom. The van der Waals surface area contributed by atoms with E-state index in [2.05, 4.69) is 0 Å². The van der Waals surface area contributed by atoms with Crippen LogP contribution in [0.1, 0.15) is 28.8 Å². The molecular weight excluding hydrogens is 381 g/mol. The fraction of sp³-hybridized carbons (Fsp3) is 0.417. The van der Waals surface area contributed by atoms with Crippen molar-refractivity contribution in [3.05, 3.63) is 65.5 Å². The third-order valence-corrected chi connectivity index (χ3v) is 6.29. The molecule has 0 radical (unpaired) electrons. The van der Waals surface area contributed by atoms with Crippen LogP contribution in [0.2, 0.25) is 0 Å². The van der Waals surface area contributed by atoms with E-state index in [-0.39, 0.29) is 23.5 Å². The second-order valence-corrected chi connectivity index (χ2v) is 8.15. The molecule has 0 atom stereocenters. The third-order valence-electron chi connectivity index (χ3n) is 6.29. The van der Waals surface area contributed by atoms with E-state index in [9.17, 15) is 14.0 Å². The summed E-state index contributed by atoms with van der Waals surface area (Å²) in [4.78, 5) is 31.6. The summed E-state index contributed by atoms with van der Waals surface area (Å²) in [7, 11) is 0. The molecule has 6 heteroatoms. The van der Waals surface area contributed by atoms with Gasteiger partial charge in [-0.1, -0.05) is 30.3 Å². The van der Waals surface area contributed by atoms with Gasteiger partial charge in [-0.05, 0) is 43.5 Å². The Labute approximate surface area is 177 Å². The Kier molecular flexibility index (Phi) is 6.02. The smallest absolute Gasteiger partial charge is 0.254 e. The van der Waals surface area contributed by atoms with Gasteiger partial charge in [-0.25, -0.2) is 4.39 Å². The van der Waals surface area contributed by atoms with E-state index in [4.69, 9.17) is 0 Å². The fourth-order valence-corrected chi connectivity index (χ4v) is 4.45. The summed E-state index contributed by atoms with van der Waals surface area (Å²) in [6.45, 7) is 5.65. The highest BCUT2D eigenvalue weighted by Crippen LogP contribution is 2.24. The van der Waals surface area contributed by atoms with Crippen molar-refractivity contribution in [1.29, 1.82) is 0 Å². The largest absolute Gasteiger partial charge is 0.366 e. The second kappa shape index (κ2) is 8.86. The standard InChI is InChI=1S/C24H28FN3O2/c1-18-6-2-3-7-20(18)24(30)27-12-10-19(11-13-27)23(29)28-16-14-26(15-17-28)22-9-5-4-8-21(22)25/h2-9,19H,10-17H2,1H3. The summed E-state index contributed by atoms with van der Waals surface area (Å²) in [5.41, 5.74) is 2.33. The van der Waals surface area contributed by atoms with Crippen LogP contribution in [0, 0.1) is 18.7 Å². The number of piperazine rings is 1. The van der Waals surface area contributed by atoms with Crippen LogP contribution in [-0.4, -0.2) is 60.9 Å². The van der Waals surface area contributed by atoms with Crippen LogP contribution in [0.5, 0.6) is 0 Å². The summed E-state index contributed by atoms with van der Waals surface area (Å²) < 4.78 is 14.0. The van der Waals surface area contributed by atoms with Crippen molar-refractivity contribution >= 4 is 17.5 Å². The predicted molar refractivity (Wildman–Crippen MR) is 115 cm³/mol. The summed E-state index contributed by atoms with van der Waals surface area (Å²) in [5.74, 6) is -0.0300. The molecule has 0 unspecified atom stereocenters. The highest BCUT2D eigenvalue weighted by molar-refractivity contribution is 5.95. The Hall–Kier alpha value is -2.89. The number of carbonyl (C=O) groups is 2. The predicted octanol–water partition coefficient (Wildman–Crippen LogP) is 3.34. The van der Waals surface area contributed by atoms with Crippen LogP contribution >= 0.6 is 0 Å². The second-order valence-electron chi connectivity index (χ2n) is 8.15. The molecule has 158 valence electrons. The number of halogens is 1. The summed E-state index contributed by atoms with van der Waals surface area (Å²) in [6.07, 6.45) is 1.40. The number of amides is 2. The SMILES string of the molecule is Cc1ccccc1C(=O)N1CCC(C(=O)N2CCN(c3ccccc3F)CC2)CC1. The molecule has 2 aliphatic rings. The fourth-order valence-electron chi connectivity index (χ4n) is 4.45. The van der Waals surface area contributed by atoms with Gasteiger partial charge in [-0.3, -0.25) is 9.59 Å². The molecule has 2 aliphatic heterocycles. The molecule has 2 aromatic carbocycles. The van der Waals surface area contributed by atoms with E-state index in [1.807, 2.05) is 52.0 Å². The summed E-state index contributed by atoms with van der Waals surface area (Å²) in [6, 6.07) is 14.4. The quantitative estimate of drug-likeness (QED) is 0.781. The van der Waals surface area contributed by atoms with E-state index < -0.39 is 0 Å². The van der Waals surface area contributed by atoms with Gasteiger partial charge in [0.25, 0.3) is 5.91 Å². The number of benzene rings is 2. The number of hydrogen-bond acceptors (Lipinski definition) is 3. The first-order valence-electron chi connectivity index (χ1n) is 10.7. The number of piperidine rings is 1. The van der Waals surface area contributed by atoms with E-state index >= 15 is 0 Å². The van der Waals surface area contributed by atoms with Crippen LogP contribution in [0.25, 0.3) is 0 Å². The molecule has 2 aromatic rings. The van der Waals surface area contributed by atoms with Crippen molar-refractivity contribution in [1.82, 2.24) is 9.80 Å². The number of carbonyl (C=O) groups excluding carboxylic acids is 2. The third kappa shape index (κ3) is 4.18. The number of likely N-dealkylation sites (tertiary alicyclic amines) is 1. The molecule has 2 heterocycles. The molecule has 2 amide bonds. The average molecular weight is 410 g/mol. The Balaban J connectivity index is 1.29. The van der Waals surface area contributed by atoms with E-state index in [1.165, 1.54) is 6.07 Å². The van der Waals surface area contributed by atoms with Gasteiger partial charge >= 0.3 is 0 Å². The van der Waals surface area contributed by atoms with Crippen LogP contribution in [0.3, 0.4) is 0 Å². The minimum Gasteiger partial charge on any atom is -0.366 e. The minimum atomic E-state index is -0.219. The summed E-state index contributed by atoms with van der Waals surface area (Å²) >= 11 is 0. The molecule has 4 rings (SSSR count). The molecular formula is C24H28FN3O2. The normalized spacial score (nSPS) is 17.9. The lowest BCUT2D eigenvalue weighted by Crippen LogP contribution is -2.52. The van der Waals surface area contributed by atoms with Crippen LogP contribution in [0.15, 0.2) is 48.5 Å². The molecule has 0 aromatic heterocycles. The van der Waals surface area contributed by atoms with E-state index in [0.29, 0.717) is 57.8 Å². The van der Waals surface area contributed by atoms with Crippen molar-refractivity contribution in [2.24, 2.45) is 5.92 Å². The topological polar surface area (TPSA) is 43.9 Å². The molecule has 0 spiro atoms. The first-order valence-corrected chi connectivity index (χ1v) is 10.7. The van der Waals surface area contributed by atoms with Crippen molar-refractivity contribution in [2.45, 2.75) is 19.8 Å². The highest BCUT2D eigenvalue weighted by Gasteiger charge is 2.32. The van der Waals surface area contributed by atoms with Gasteiger partial charge in [-0.2, -0.15) is 0 Å². The number of anilines is 1. The lowest BCUT2D eigenvalue weighted by molar-refractivity contribution is -0.137. The van der Waals surface area contributed by atoms with Crippen molar-refractivity contribution in [2.75, 3.05) is 44.2 Å². The number of rotatable bonds is 3. The first-order chi connectivity index (χ1) is 14.5. The van der Waals surface area contributed by atoms with Crippen LogP contribution in [-0.2, 0) is 4.79 Å². The molecule has 0 aliphatic carbocycles. The molecule has 2 fully saturated rings. The first kappa shape index (κ1) is 20.4. The number of aryl methyl sites for hydroxylation is 1. The average Bonchev–Trinajstić information content (AvgIpc) is 2.79. The number of nitrogens with zero attached hydrogens (tertiary/aromatic N) is 3. The van der Waals surface area contributed by atoms with Gasteiger partial charge in [0.1, 0.15) is 5.82 Å². The molecule has 0 N–H and O–H groups in total. The highest BCUT2D eigenvalue weighted by atomic mass is 19.1. The van der Waals surface area contributed by atoms with Gasteiger partial charge in [0.2, 0.25) is 5.91 Å². The molecule has 5 nitrogen and oxygen atoms in total. The maximum Gasteiger partial charge on any atom is 0.254 e. The van der Waals surface area contributed by atoms with Gasteiger partial charge in [0.05, 0.1) is 5.69 Å². The zero-order valence-electron chi connectivity index (χ0n) is 17.4. The number of para-hydroxylation sites is 1. The van der Waals surface area contributed by atoms with Crippen molar-refractivity contribution < 1.29 is 14.0 Å². The van der Waals surface area contributed by atoms with E-state index in [0.717, 1.165) is 11.1 Å². The molecule has 30 heavy (non-hydrogen) atoms. The van der Waals surface area contributed by atoms with E-state index in [1.54, 1.807) is 12.1 Å². The van der Waals surface area contributed by atoms with Gasteiger partial charge < -0.3 is 14.7 Å². The van der Waals surface area contributed by atoms with Crippen molar-refractivity contribution in [3.8, 4) is 0 Å².